The van der Waals surface area contributed by atoms with Crippen molar-refractivity contribution >= 4 is 26.8 Å². The Morgan fingerprint density at radius 3 is 1.38 bits per heavy atom. The highest BCUT2D eigenvalue weighted by molar-refractivity contribution is 9.10. The standard InChI is InChI=1S/C20H19N3O3.C20H23N3O.C19H21N3O.C15H10F3N3O.C14H10BrN3O.C12H13N3O/c1-3-24-17-9-8-13(12-18(17)25-4-2)20-22-19(23-26-20)15-6-5-7-16-14(15)10-11-21-16;1-13(2)11-16-5-7-17(8-6-16)15(4)20-22-19(23-24-20)18-9-10-21-12-14(18)3;1-13(2)12-15-4-6-16(7-5-15)14(3)19-21-18(22-23-19)17-8-10-20-11-9-17;1-9-6-11(8-12(7-9)15(16,17)18)14-20-13(21-22-14)10-2-4-19-5-3-10;1-9-6-11(8-12(15)7-9)14-17-13(18-19-14)10-2-4-16-5-3-10;1-2-4-10(3-1)12-14-11(15-16-12)9-5-7-13-8-6-9/h5-12,21H,3-4H2,1-2H3;5-10,12-13,15H,11H2,1-4H3;4-11,13-14H,12H2,1-3H3;2-8H,1H3;2-8H,1H3;5-8,10H,1-4H2. The van der Waals surface area contributed by atoms with E-state index in [0.29, 0.717) is 112 Å². The molecule has 0 bridgehead atoms. The van der Waals surface area contributed by atoms with Gasteiger partial charge in [0, 0.05) is 140 Å². The molecule has 0 aliphatic heterocycles. The summed E-state index contributed by atoms with van der Waals surface area (Å²) in [6, 6.07) is 57.1. The molecule has 12 heterocycles. The van der Waals surface area contributed by atoms with Gasteiger partial charge in [0.15, 0.2) is 11.5 Å². The maximum atomic E-state index is 12.9. The summed E-state index contributed by atoms with van der Waals surface area (Å²) < 4.78 is 83.0. The van der Waals surface area contributed by atoms with Gasteiger partial charge >= 0.3 is 6.18 Å². The van der Waals surface area contributed by atoms with Gasteiger partial charge in [0.05, 0.1) is 30.6 Å². The van der Waals surface area contributed by atoms with E-state index in [0.717, 1.165) is 96.3 Å². The van der Waals surface area contributed by atoms with Gasteiger partial charge in [0.2, 0.25) is 52.6 Å². The summed E-state index contributed by atoms with van der Waals surface area (Å²) >= 11 is 3.46. The fourth-order valence-corrected chi connectivity index (χ4v) is 14.9. The summed E-state index contributed by atoms with van der Waals surface area (Å²) in [5, 5.41) is 25.2. The van der Waals surface area contributed by atoms with E-state index in [1.165, 1.54) is 47.9 Å². The minimum absolute atomic E-state index is 0.0426. The van der Waals surface area contributed by atoms with Crippen LogP contribution in [0.2, 0.25) is 0 Å². The second kappa shape index (κ2) is 43.7. The topological polar surface area (TPSA) is 332 Å². The van der Waals surface area contributed by atoms with Crippen LogP contribution in [-0.2, 0) is 19.0 Å². The van der Waals surface area contributed by atoms with Gasteiger partial charge in [-0.15, -0.1) is 0 Å². The zero-order chi connectivity index (χ0) is 91.0. The number of rotatable bonds is 22. The predicted octanol–water partition coefficient (Wildman–Crippen LogP) is 24.7. The average Bonchev–Trinajstić information content (AvgIpc) is 1.70. The Bertz CT molecular complexity index is 6580. The molecule has 1 saturated carbocycles. The first kappa shape index (κ1) is 91.5. The maximum Gasteiger partial charge on any atom is 0.416 e. The van der Waals surface area contributed by atoms with E-state index in [9.17, 15) is 13.2 Å². The van der Waals surface area contributed by atoms with Crippen molar-refractivity contribution in [3.63, 3.8) is 0 Å². The number of ether oxygens (including phenoxy) is 2. The molecular formula is C100H96BrF3N18O8. The second-order valence-electron chi connectivity index (χ2n) is 31.8. The van der Waals surface area contributed by atoms with E-state index in [1.54, 1.807) is 80.9 Å². The van der Waals surface area contributed by atoms with E-state index >= 15 is 0 Å². The third-order valence-electron chi connectivity index (χ3n) is 20.9. The quantitative estimate of drug-likeness (QED) is 0.0658. The van der Waals surface area contributed by atoms with E-state index in [2.05, 4.69) is 197 Å². The van der Waals surface area contributed by atoms with Crippen LogP contribution < -0.4 is 9.47 Å². The summed E-state index contributed by atoms with van der Waals surface area (Å²) in [4.78, 5) is 49.8. The highest BCUT2D eigenvalue weighted by atomic mass is 79.9. The summed E-state index contributed by atoms with van der Waals surface area (Å²) in [5.41, 5.74) is 15.3. The number of benzene rings is 6. The largest absolute Gasteiger partial charge is 0.490 e. The number of halogens is 4. The van der Waals surface area contributed by atoms with Crippen LogP contribution in [0, 0.1) is 32.6 Å². The maximum absolute atomic E-state index is 12.9. The molecule has 0 saturated heterocycles. The van der Waals surface area contributed by atoms with Crippen molar-refractivity contribution in [2.45, 2.75) is 139 Å². The van der Waals surface area contributed by atoms with Gasteiger partial charge in [-0.05, 0) is 246 Å². The zero-order valence-corrected chi connectivity index (χ0v) is 75.2. The lowest BCUT2D eigenvalue weighted by atomic mass is 9.97. The highest BCUT2D eigenvalue weighted by Crippen LogP contribution is 2.39. The van der Waals surface area contributed by atoms with Crippen molar-refractivity contribution in [1.82, 2.24) is 90.7 Å². The Morgan fingerprint density at radius 1 is 0.415 bits per heavy atom. The molecule has 30 heteroatoms. The van der Waals surface area contributed by atoms with E-state index in [-0.39, 0.29) is 23.3 Å². The first-order chi connectivity index (χ1) is 63.1. The molecule has 1 aliphatic carbocycles. The lowest BCUT2D eigenvalue weighted by Gasteiger charge is -2.11. The first-order valence-electron chi connectivity index (χ1n) is 42.7. The van der Waals surface area contributed by atoms with E-state index in [4.69, 9.17) is 36.6 Å². The molecule has 19 rings (SSSR count). The molecule has 1 N–H and O–H groups in total. The third-order valence-corrected chi connectivity index (χ3v) is 21.3. The van der Waals surface area contributed by atoms with E-state index < -0.39 is 11.7 Å². The van der Waals surface area contributed by atoms with Crippen LogP contribution in [0.3, 0.4) is 0 Å². The molecule has 6 aromatic carbocycles. The molecule has 2 atom stereocenters. The molecule has 2 unspecified atom stereocenters. The Hall–Kier alpha value is -14.7. The van der Waals surface area contributed by atoms with Crippen LogP contribution in [0.1, 0.15) is 161 Å². The fraction of sp³-hybridized carbons (Fsp3) is 0.250. The van der Waals surface area contributed by atoms with Crippen LogP contribution in [0.4, 0.5) is 13.2 Å². The average molecular weight is 1810 g/mol. The minimum atomic E-state index is -4.42. The molecule has 0 spiro atoms. The van der Waals surface area contributed by atoms with Crippen molar-refractivity contribution in [2.24, 2.45) is 11.8 Å². The summed E-state index contributed by atoms with van der Waals surface area (Å²) in [7, 11) is 0. The van der Waals surface area contributed by atoms with Gasteiger partial charge in [-0.3, -0.25) is 24.9 Å². The number of nitrogens with zero attached hydrogens (tertiary/aromatic N) is 17. The Morgan fingerprint density at radius 2 is 0.862 bits per heavy atom. The molecule has 18 aromatic rings. The summed E-state index contributed by atoms with van der Waals surface area (Å²) in [6.07, 6.45) is 21.6. The number of fused-ring (bicyclic) bond motifs is 1. The number of hydrogen-bond donors (Lipinski definition) is 1. The molecule has 1 aliphatic rings. The molecular weight excluding hydrogens is 1720 g/mol. The zero-order valence-electron chi connectivity index (χ0n) is 73.6. The molecule has 130 heavy (non-hydrogen) atoms. The van der Waals surface area contributed by atoms with E-state index in [1.807, 2.05) is 143 Å². The van der Waals surface area contributed by atoms with Crippen LogP contribution in [0.15, 0.2) is 282 Å². The van der Waals surface area contributed by atoms with Gasteiger partial charge < -0.3 is 41.6 Å². The van der Waals surface area contributed by atoms with Crippen LogP contribution in [0.25, 0.3) is 114 Å². The fourth-order valence-electron chi connectivity index (χ4n) is 14.3. The molecule has 12 aromatic heterocycles. The summed E-state index contributed by atoms with van der Waals surface area (Å²) in [6.45, 7) is 23.7. The lowest BCUT2D eigenvalue weighted by molar-refractivity contribution is -0.137. The molecule has 26 nitrogen and oxygen atoms in total. The van der Waals surface area contributed by atoms with Crippen LogP contribution in [-0.4, -0.2) is 104 Å². The summed E-state index contributed by atoms with van der Waals surface area (Å²) in [5.74, 6) is 9.68. The van der Waals surface area contributed by atoms with Gasteiger partial charge in [0.1, 0.15) is 0 Å². The minimum Gasteiger partial charge on any atom is -0.490 e. The van der Waals surface area contributed by atoms with Crippen LogP contribution in [0.5, 0.6) is 11.5 Å². The molecule has 0 amide bonds. The van der Waals surface area contributed by atoms with Crippen LogP contribution >= 0.6 is 15.9 Å². The number of aromatic nitrogens is 18. The number of aryl methyl sites for hydroxylation is 3. The SMILES string of the molecule is CC(C)Cc1ccc(C(C)c2nc(-c3ccncc3)no2)cc1.CCOc1ccc(-c2nc(-c3cccc4[nH]ccc34)no2)cc1OCC.Cc1cc(-c2nc(-c3ccncc3)no2)cc(C(F)(F)F)c1.Cc1cc(Br)cc(-c2nc(-c3ccncc3)no2)c1.Cc1cnccc1-c1noc(C(C)c2ccc(CC(C)C)cc2)n1.c1cc(-c2noc(C3CCCC3)n2)ccn1. The third kappa shape index (κ3) is 24.3. The monoisotopic (exact) mass is 1810 g/mol. The van der Waals surface area contributed by atoms with Crippen molar-refractivity contribution in [3.05, 3.63) is 317 Å². The highest BCUT2D eigenvalue weighted by Gasteiger charge is 2.32. The molecule has 662 valence electrons. The predicted molar refractivity (Wildman–Crippen MR) is 491 cm³/mol. The Balaban J connectivity index is 0.000000127. The smallest absolute Gasteiger partial charge is 0.416 e. The first-order valence-corrected chi connectivity index (χ1v) is 43.5. The van der Waals surface area contributed by atoms with Gasteiger partial charge in [-0.2, -0.15) is 43.1 Å². The molecule has 0 radical (unpaired) electrons. The second-order valence-corrected chi connectivity index (χ2v) is 32.7. The van der Waals surface area contributed by atoms with Gasteiger partial charge in [0.25, 0.3) is 17.7 Å². The van der Waals surface area contributed by atoms with Gasteiger partial charge in [-0.25, -0.2) is 0 Å². The number of nitrogens with one attached hydrogen (secondary N) is 1. The Kier molecular flexibility index (Phi) is 30.8. The van der Waals surface area contributed by atoms with Crippen molar-refractivity contribution in [2.75, 3.05) is 13.2 Å². The number of H-pyrrole nitrogens is 1. The van der Waals surface area contributed by atoms with Crippen molar-refractivity contribution < 1.29 is 49.8 Å². The number of aromatic amines is 1. The lowest BCUT2D eigenvalue weighted by Crippen LogP contribution is -2.05. The molecule has 1 fully saturated rings. The van der Waals surface area contributed by atoms with Gasteiger partial charge in [-0.1, -0.05) is 148 Å². The van der Waals surface area contributed by atoms with Crippen molar-refractivity contribution in [3.8, 4) is 114 Å². The number of hydrogen-bond acceptors (Lipinski definition) is 25. The number of alkyl halides is 3. The Labute approximate surface area is 757 Å². The normalized spacial score (nSPS) is 12.3. The number of pyridine rings is 5. The van der Waals surface area contributed by atoms with Crippen molar-refractivity contribution in [1.29, 1.82) is 0 Å².